The minimum atomic E-state index is -0.504. The van der Waals surface area contributed by atoms with Gasteiger partial charge in [0.2, 0.25) is 0 Å². The Morgan fingerprint density at radius 1 is 1.22 bits per heavy atom. The summed E-state index contributed by atoms with van der Waals surface area (Å²) < 4.78 is 19.5. The number of anilines is 2. The zero-order valence-electron chi connectivity index (χ0n) is 18.0. The molecule has 3 aliphatic heterocycles. The van der Waals surface area contributed by atoms with Gasteiger partial charge < -0.3 is 19.9 Å². The molecule has 2 saturated heterocycles. The third-order valence-electron chi connectivity index (χ3n) is 6.62. The Bertz CT molecular complexity index is 1110. The lowest BCUT2D eigenvalue weighted by molar-refractivity contribution is 0.00313. The number of hydrogen-bond donors (Lipinski definition) is 1. The average Bonchev–Trinajstić information content (AvgIpc) is 3.26. The third kappa shape index (κ3) is 3.46. The highest BCUT2D eigenvalue weighted by Crippen LogP contribution is 2.43. The number of halogens is 2. The number of likely N-dealkylation sites (tertiary alicyclic amines) is 1. The van der Waals surface area contributed by atoms with Crippen molar-refractivity contribution in [1.29, 1.82) is 0 Å². The summed E-state index contributed by atoms with van der Waals surface area (Å²) in [4.78, 5) is 33.1. The first-order valence-electron chi connectivity index (χ1n) is 10.7. The summed E-state index contributed by atoms with van der Waals surface area (Å²) in [5.74, 6) is -0.604. The lowest BCUT2D eigenvalue weighted by atomic mass is 9.90. The molecular weight excluding hydrogens is 435 g/mol. The normalized spacial score (nSPS) is 20.8. The van der Waals surface area contributed by atoms with E-state index in [2.05, 4.69) is 19.2 Å². The van der Waals surface area contributed by atoms with Crippen LogP contribution in [0.4, 0.5) is 20.6 Å². The van der Waals surface area contributed by atoms with Gasteiger partial charge in [-0.1, -0.05) is 25.4 Å². The summed E-state index contributed by atoms with van der Waals surface area (Å²) in [5, 5.41) is 2.79. The molecule has 1 spiro atoms. The molecular formula is C23H24ClFN4O3. The molecule has 0 aliphatic carbocycles. The van der Waals surface area contributed by atoms with Crippen LogP contribution in [0.15, 0.2) is 30.3 Å². The lowest BCUT2D eigenvalue weighted by Crippen LogP contribution is -2.48. The van der Waals surface area contributed by atoms with Crippen molar-refractivity contribution in [2.75, 3.05) is 31.1 Å². The minimum Gasteiger partial charge on any atom is -0.441 e. The molecule has 32 heavy (non-hydrogen) atoms. The fraction of sp³-hybridized carbons (Fsp3) is 0.435. The van der Waals surface area contributed by atoms with E-state index in [0.717, 1.165) is 11.4 Å². The second kappa shape index (κ2) is 7.33. The molecule has 3 aliphatic rings. The quantitative estimate of drug-likeness (QED) is 0.735. The minimum absolute atomic E-state index is 0.0814. The topological polar surface area (TPSA) is 74.8 Å². The van der Waals surface area contributed by atoms with Crippen molar-refractivity contribution in [3.05, 3.63) is 52.6 Å². The zero-order chi connectivity index (χ0) is 22.7. The maximum atomic E-state index is 14.1. The number of ether oxygens (including phenoxy) is 1. The van der Waals surface area contributed by atoms with Gasteiger partial charge in [-0.2, -0.15) is 0 Å². The molecule has 2 amide bonds. The first-order valence-corrected chi connectivity index (χ1v) is 11.1. The Labute approximate surface area is 190 Å². The molecule has 5 rings (SSSR count). The maximum absolute atomic E-state index is 14.1. The van der Waals surface area contributed by atoms with Gasteiger partial charge in [-0.25, -0.2) is 14.2 Å². The Balaban J connectivity index is 1.38. The van der Waals surface area contributed by atoms with Gasteiger partial charge in [0.25, 0.3) is 5.91 Å². The molecule has 4 heterocycles. The van der Waals surface area contributed by atoms with Crippen LogP contribution >= 0.6 is 11.6 Å². The first kappa shape index (κ1) is 21.0. The number of nitrogens with zero attached hydrogens (tertiary/aromatic N) is 3. The van der Waals surface area contributed by atoms with E-state index in [1.807, 2.05) is 11.0 Å². The van der Waals surface area contributed by atoms with Crippen LogP contribution in [0, 0.1) is 5.82 Å². The van der Waals surface area contributed by atoms with E-state index in [4.69, 9.17) is 21.3 Å². The van der Waals surface area contributed by atoms with Gasteiger partial charge >= 0.3 is 6.09 Å². The second-order valence-electron chi connectivity index (χ2n) is 9.35. The van der Waals surface area contributed by atoms with Crippen LogP contribution in [0.25, 0.3) is 0 Å². The predicted octanol–water partition coefficient (Wildman–Crippen LogP) is 4.02. The number of hydrogen-bond acceptors (Lipinski definition) is 5. The number of benzene rings is 1. The Kier molecular flexibility index (Phi) is 4.81. The molecule has 1 aromatic carbocycles. The molecule has 1 N–H and O–H groups in total. The molecule has 0 atom stereocenters. The third-order valence-corrected chi connectivity index (χ3v) is 6.93. The summed E-state index contributed by atoms with van der Waals surface area (Å²) in [5.41, 5.74) is 1.92. The van der Waals surface area contributed by atoms with E-state index in [9.17, 15) is 14.0 Å². The van der Waals surface area contributed by atoms with E-state index in [0.29, 0.717) is 50.4 Å². The van der Waals surface area contributed by atoms with Crippen LogP contribution in [0.1, 0.15) is 42.9 Å². The van der Waals surface area contributed by atoms with Crippen LogP contribution < -0.4 is 10.2 Å². The van der Waals surface area contributed by atoms with Crippen LogP contribution in [0.5, 0.6) is 0 Å². The number of aromatic nitrogens is 1. The van der Waals surface area contributed by atoms with Crippen molar-refractivity contribution in [3.63, 3.8) is 0 Å². The molecule has 1 aromatic heterocycles. The summed E-state index contributed by atoms with van der Waals surface area (Å²) in [7, 11) is 0. The number of fused-ring (bicyclic) bond motifs is 1. The number of pyridine rings is 1. The van der Waals surface area contributed by atoms with Crippen molar-refractivity contribution >= 4 is 35.0 Å². The van der Waals surface area contributed by atoms with E-state index < -0.39 is 17.5 Å². The zero-order valence-corrected chi connectivity index (χ0v) is 18.7. The highest BCUT2D eigenvalue weighted by atomic mass is 35.5. The van der Waals surface area contributed by atoms with E-state index in [1.165, 1.54) is 6.07 Å². The lowest BCUT2D eigenvalue weighted by Gasteiger charge is -2.37. The highest BCUT2D eigenvalue weighted by Gasteiger charge is 2.44. The van der Waals surface area contributed by atoms with Crippen LogP contribution in [0.2, 0.25) is 5.02 Å². The van der Waals surface area contributed by atoms with Crippen molar-refractivity contribution < 1.29 is 18.7 Å². The van der Waals surface area contributed by atoms with Gasteiger partial charge in [-0.3, -0.25) is 4.79 Å². The smallest absolute Gasteiger partial charge is 0.407 e. The molecule has 2 aromatic rings. The molecule has 168 valence electrons. The van der Waals surface area contributed by atoms with E-state index >= 15 is 0 Å². The molecule has 0 unspecified atom stereocenters. The van der Waals surface area contributed by atoms with Crippen molar-refractivity contribution in [3.8, 4) is 0 Å². The highest BCUT2D eigenvalue weighted by molar-refractivity contribution is 6.30. The summed E-state index contributed by atoms with van der Waals surface area (Å²) in [6, 6.07) is 8.35. The summed E-state index contributed by atoms with van der Waals surface area (Å²) >= 11 is 5.84. The Hall–Kier alpha value is -2.87. The number of carbonyl (C=O) groups is 2. The standard InChI is InChI=1S/C23H24ClFN4O3/c1-22(2)13-29(14-3-4-15(24)16(25)11-14)18-6-5-17(27-19(18)22)20(30)28-9-7-23(8-10-28)12-26-21(31)32-23/h3-6,11H,7-10,12-13H2,1-2H3,(H,26,31). The second-order valence-corrected chi connectivity index (χ2v) is 9.76. The molecule has 9 heteroatoms. The van der Waals surface area contributed by atoms with Gasteiger partial charge in [0, 0.05) is 43.6 Å². The number of nitrogens with one attached hydrogen (secondary N) is 1. The van der Waals surface area contributed by atoms with Gasteiger partial charge in [0.15, 0.2) is 0 Å². The van der Waals surface area contributed by atoms with Crippen LogP contribution in [0.3, 0.4) is 0 Å². The van der Waals surface area contributed by atoms with Gasteiger partial charge in [0.1, 0.15) is 17.1 Å². The van der Waals surface area contributed by atoms with Crippen molar-refractivity contribution in [1.82, 2.24) is 15.2 Å². The number of carbonyl (C=O) groups excluding carboxylic acids is 2. The summed E-state index contributed by atoms with van der Waals surface area (Å²) in [6.07, 6.45) is 0.811. The fourth-order valence-electron chi connectivity index (χ4n) is 4.79. The van der Waals surface area contributed by atoms with Crippen LogP contribution in [-0.2, 0) is 10.2 Å². The van der Waals surface area contributed by atoms with E-state index in [1.54, 1.807) is 23.1 Å². The van der Waals surface area contributed by atoms with Crippen molar-refractivity contribution in [2.45, 2.75) is 37.7 Å². The van der Waals surface area contributed by atoms with E-state index in [-0.39, 0.29) is 16.3 Å². The number of alkyl carbamates (subject to hydrolysis) is 1. The molecule has 7 nitrogen and oxygen atoms in total. The molecule has 0 bridgehead atoms. The first-order chi connectivity index (χ1) is 15.2. The molecule has 0 radical (unpaired) electrons. The SMILES string of the molecule is CC1(C)CN(c2ccc(Cl)c(F)c2)c2ccc(C(=O)N3CCC4(CC3)CNC(=O)O4)nc21. The fourth-order valence-corrected chi connectivity index (χ4v) is 4.90. The average molecular weight is 459 g/mol. The molecule has 0 saturated carbocycles. The largest absolute Gasteiger partial charge is 0.441 e. The van der Waals surface area contributed by atoms with Gasteiger partial charge in [0.05, 0.1) is 22.9 Å². The Morgan fingerprint density at radius 3 is 2.62 bits per heavy atom. The van der Waals surface area contributed by atoms with Gasteiger partial charge in [-0.05, 0) is 30.3 Å². The summed E-state index contributed by atoms with van der Waals surface area (Å²) in [6.45, 7) is 6.23. The number of amides is 2. The van der Waals surface area contributed by atoms with Crippen LogP contribution in [-0.4, -0.2) is 53.7 Å². The number of piperidine rings is 1. The van der Waals surface area contributed by atoms with Crippen molar-refractivity contribution in [2.24, 2.45) is 0 Å². The number of rotatable bonds is 2. The Morgan fingerprint density at radius 2 is 1.97 bits per heavy atom. The maximum Gasteiger partial charge on any atom is 0.407 e. The predicted molar refractivity (Wildman–Crippen MR) is 118 cm³/mol. The monoisotopic (exact) mass is 458 g/mol. The van der Waals surface area contributed by atoms with Gasteiger partial charge in [-0.15, -0.1) is 0 Å². The molecule has 2 fully saturated rings.